The van der Waals surface area contributed by atoms with Crippen LogP contribution < -0.4 is 39.7 Å². The van der Waals surface area contributed by atoms with Gasteiger partial charge in [-0.1, -0.05) is 30.3 Å². The Labute approximate surface area is 200 Å². The quantitative estimate of drug-likeness (QED) is 0.278. The van der Waals surface area contributed by atoms with Crippen molar-refractivity contribution in [2.24, 2.45) is 0 Å². The molecule has 0 radical (unpaired) electrons. The number of fused-ring (bicyclic) bond motifs is 3. The van der Waals surface area contributed by atoms with Gasteiger partial charge >= 0.3 is 29.6 Å². The third-order valence-corrected chi connectivity index (χ3v) is 5.31. The summed E-state index contributed by atoms with van der Waals surface area (Å²) in [5.41, 5.74) is 4.60. The normalized spacial score (nSPS) is 26.4. The van der Waals surface area contributed by atoms with Crippen molar-refractivity contribution in [1.82, 2.24) is 0 Å². The van der Waals surface area contributed by atoms with Gasteiger partial charge in [0.2, 0.25) is 12.2 Å². The van der Waals surface area contributed by atoms with Gasteiger partial charge in [0.15, 0.2) is 0 Å². The van der Waals surface area contributed by atoms with Gasteiger partial charge in [-0.2, -0.15) is 5.06 Å². The van der Waals surface area contributed by atoms with Crippen molar-refractivity contribution in [3.8, 4) is 11.1 Å². The number of carboxylic acids is 1. The molecule has 2 aliphatic rings. The molecular weight excluding hydrogens is 417 g/mol. The molecule has 10 heteroatoms. The zero-order chi connectivity index (χ0) is 21.6. The van der Waals surface area contributed by atoms with E-state index in [0.717, 1.165) is 27.3 Å². The number of rotatable bonds is 4. The number of amides is 1. The largest absolute Gasteiger partial charge is 1.00 e. The molecule has 1 fully saturated rings. The predicted octanol–water partition coefficient (Wildman–Crippen LogP) is -3.90. The van der Waals surface area contributed by atoms with E-state index in [1.54, 1.807) is 12.1 Å². The number of hydroxylamine groups is 1. The fourth-order valence-corrected chi connectivity index (χ4v) is 3.81. The summed E-state index contributed by atoms with van der Waals surface area (Å²) in [6, 6.07) is 13.2. The number of benzene rings is 2. The first-order valence-corrected chi connectivity index (χ1v) is 9.37. The molecule has 1 amide bonds. The van der Waals surface area contributed by atoms with E-state index in [0.29, 0.717) is 12.1 Å². The topological polar surface area (TPSA) is 140 Å². The summed E-state index contributed by atoms with van der Waals surface area (Å²) in [6.07, 6.45) is -8.55. The molecule has 3 N–H and O–H groups in total. The Bertz CT molecular complexity index is 999. The molecule has 1 aliphatic heterocycles. The van der Waals surface area contributed by atoms with Gasteiger partial charge in [-0.15, -0.1) is 0 Å². The number of aliphatic hydroxyl groups is 3. The standard InChI is InChI=1S/C21H21NO8.Na/c1-10(23)22(30-21-18(26)16(24)17(25)19(29-21)20(27)28)13-6-7-15-12(9-13)8-11-4-2-3-5-14(11)15;/h2-7,9,16-19,21,24-26H,8H2,1H3,(H,27,28);/q;+1/p-1. The van der Waals surface area contributed by atoms with Gasteiger partial charge in [0, 0.05) is 6.92 Å². The first kappa shape index (κ1) is 23.8. The van der Waals surface area contributed by atoms with Crippen molar-refractivity contribution in [2.45, 2.75) is 44.1 Å². The van der Waals surface area contributed by atoms with Crippen LogP contribution in [0.25, 0.3) is 11.1 Å². The molecule has 0 spiro atoms. The number of ether oxygens (including phenoxy) is 1. The van der Waals surface area contributed by atoms with E-state index in [2.05, 4.69) is 0 Å². The Hall–Kier alpha value is -1.82. The minimum Gasteiger partial charge on any atom is -0.547 e. The summed E-state index contributed by atoms with van der Waals surface area (Å²) >= 11 is 0. The summed E-state index contributed by atoms with van der Waals surface area (Å²) in [7, 11) is 0. The molecule has 5 atom stereocenters. The molecule has 0 saturated carbocycles. The number of carbonyl (C=O) groups excluding carboxylic acids is 2. The number of carbonyl (C=O) groups is 2. The van der Waals surface area contributed by atoms with Crippen molar-refractivity contribution >= 4 is 17.6 Å². The number of anilines is 1. The summed E-state index contributed by atoms with van der Waals surface area (Å²) in [6.45, 7) is 1.22. The molecule has 2 aromatic rings. The number of carboxylic acid groups (broad SMARTS) is 1. The van der Waals surface area contributed by atoms with Gasteiger partial charge in [0.25, 0.3) is 0 Å². The van der Waals surface area contributed by atoms with Crippen LogP contribution in [0.1, 0.15) is 18.1 Å². The fraction of sp³-hybridized carbons (Fsp3) is 0.333. The van der Waals surface area contributed by atoms with Crippen LogP contribution in [0.3, 0.4) is 0 Å². The zero-order valence-corrected chi connectivity index (χ0v) is 19.0. The van der Waals surface area contributed by atoms with Crippen LogP contribution in [0.2, 0.25) is 0 Å². The molecular formula is C21H20NNaO8. The summed E-state index contributed by atoms with van der Waals surface area (Å²) in [5, 5.41) is 41.9. The van der Waals surface area contributed by atoms with Crippen LogP contribution in [-0.2, 0) is 25.6 Å². The summed E-state index contributed by atoms with van der Waals surface area (Å²) in [4.78, 5) is 28.8. The van der Waals surface area contributed by atoms with Crippen LogP contribution in [-0.4, -0.2) is 57.9 Å². The van der Waals surface area contributed by atoms with Crippen molar-refractivity contribution in [2.75, 3.05) is 5.06 Å². The van der Waals surface area contributed by atoms with E-state index in [9.17, 15) is 30.0 Å². The van der Waals surface area contributed by atoms with Gasteiger partial charge < -0.3 is 30.0 Å². The van der Waals surface area contributed by atoms with Crippen LogP contribution >= 0.6 is 0 Å². The molecule has 1 heterocycles. The number of hydrogen-bond donors (Lipinski definition) is 3. The third-order valence-electron chi connectivity index (χ3n) is 5.31. The second-order valence-electron chi connectivity index (χ2n) is 7.31. The van der Waals surface area contributed by atoms with Crippen LogP contribution in [0.5, 0.6) is 0 Å². The Balaban J connectivity index is 0.00000272. The maximum Gasteiger partial charge on any atom is 1.00 e. The van der Waals surface area contributed by atoms with E-state index in [-0.39, 0.29) is 29.6 Å². The smallest absolute Gasteiger partial charge is 0.547 e. The number of aliphatic hydroxyl groups excluding tert-OH is 3. The first-order valence-electron chi connectivity index (χ1n) is 9.37. The van der Waals surface area contributed by atoms with Crippen LogP contribution in [0.4, 0.5) is 5.69 Å². The summed E-state index contributed by atoms with van der Waals surface area (Å²) in [5.74, 6) is -2.35. The molecule has 2 aromatic carbocycles. The molecule has 0 aromatic heterocycles. The van der Waals surface area contributed by atoms with Crippen molar-refractivity contribution < 1.29 is 69.1 Å². The van der Waals surface area contributed by atoms with Gasteiger partial charge in [-0.25, -0.2) is 4.84 Å². The van der Waals surface area contributed by atoms with E-state index in [1.807, 2.05) is 30.3 Å². The molecule has 1 saturated heterocycles. The average molecular weight is 437 g/mol. The molecule has 158 valence electrons. The SMILES string of the molecule is CC(=O)N(OC1OC(C(=O)[O-])C(O)C(O)C1O)c1ccc2c(c1)Cc1ccccc1-2.[Na+]. The first-order chi connectivity index (χ1) is 14.3. The summed E-state index contributed by atoms with van der Waals surface area (Å²) < 4.78 is 5.05. The maximum atomic E-state index is 12.2. The van der Waals surface area contributed by atoms with E-state index >= 15 is 0 Å². The van der Waals surface area contributed by atoms with Crippen molar-refractivity contribution in [3.63, 3.8) is 0 Å². The number of aliphatic carboxylic acids is 1. The zero-order valence-electron chi connectivity index (χ0n) is 17.0. The molecule has 31 heavy (non-hydrogen) atoms. The van der Waals surface area contributed by atoms with Gasteiger partial charge in [0.05, 0.1) is 11.7 Å². The number of nitrogens with zero attached hydrogens (tertiary/aromatic N) is 1. The predicted molar refractivity (Wildman–Crippen MR) is 101 cm³/mol. The van der Waals surface area contributed by atoms with E-state index < -0.39 is 42.6 Å². The Kier molecular flexibility index (Phi) is 7.19. The molecule has 9 nitrogen and oxygen atoms in total. The van der Waals surface area contributed by atoms with E-state index in [4.69, 9.17) is 9.57 Å². The minimum absolute atomic E-state index is 0. The second-order valence-corrected chi connectivity index (χ2v) is 7.31. The fourth-order valence-electron chi connectivity index (χ4n) is 3.81. The van der Waals surface area contributed by atoms with Crippen LogP contribution in [0, 0.1) is 0 Å². The molecule has 0 bridgehead atoms. The average Bonchev–Trinajstić information content (AvgIpc) is 3.08. The monoisotopic (exact) mass is 437 g/mol. The van der Waals surface area contributed by atoms with E-state index in [1.165, 1.54) is 6.92 Å². The minimum atomic E-state index is -1.93. The third kappa shape index (κ3) is 4.41. The van der Waals surface area contributed by atoms with Gasteiger partial charge in [-0.05, 0) is 40.8 Å². The second kappa shape index (κ2) is 9.35. The Morgan fingerprint density at radius 1 is 1.03 bits per heavy atom. The molecule has 1 aliphatic carbocycles. The maximum absolute atomic E-state index is 12.2. The van der Waals surface area contributed by atoms with Crippen molar-refractivity contribution in [1.29, 1.82) is 0 Å². The Morgan fingerprint density at radius 3 is 2.39 bits per heavy atom. The molecule has 4 rings (SSSR count). The Morgan fingerprint density at radius 2 is 1.71 bits per heavy atom. The van der Waals surface area contributed by atoms with Gasteiger partial charge in [0.1, 0.15) is 24.4 Å². The van der Waals surface area contributed by atoms with Gasteiger partial charge in [-0.3, -0.25) is 4.79 Å². The molecule has 5 unspecified atom stereocenters. The van der Waals surface area contributed by atoms with Crippen LogP contribution in [0.15, 0.2) is 42.5 Å². The van der Waals surface area contributed by atoms with Crippen molar-refractivity contribution in [3.05, 3.63) is 53.6 Å². The number of hydrogen-bond acceptors (Lipinski definition) is 8.